The van der Waals surface area contributed by atoms with Crippen molar-refractivity contribution in [2.24, 2.45) is 0 Å². The lowest BCUT2D eigenvalue weighted by molar-refractivity contribution is 0.186. The van der Waals surface area contributed by atoms with Gasteiger partial charge in [0.2, 0.25) is 0 Å². The van der Waals surface area contributed by atoms with Gasteiger partial charge in [-0.05, 0) is 52.9 Å². The monoisotopic (exact) mass is 255 g/mol. The Labute approximate surface area is 114 Å². The first kappa shape index (κ1) is 15.9. The summed E-state index contributed by atoms with van der Waals surface area (Å²) in [6.07, 6.45) is 6.59. The number of nitrogens with zero attached hydrogens (tertiary/aromatic N) is 2. The van der Waals surface area contributed by atoms with Gasteiger partial charge in [-0.1, -0.05) is 20.3 Å². The normalized spacial score (nSPS) is 22.8. The minimum atomic E-state index is 0.692. The molecule has 0 radical (unpaired) electrons. The Balaban J connectivity index is 2.40. The van der Waals surface area contributed by atoms with Crippen LogP contribution in [0.1, 0.15) is 46.0 Å². The van der Waals surface area contributed by atoms with E-state index in [1.54, 1.807) is 0 Å². The summed E-state index contributed by atoms with van der Waals surface area (Å²) in [4.78, 5) is 5.04. The van der Waals surface area contributed by atoms with Gasteiger partial charge in [-0.15, -0.1) is 0 Å². The fourth-order valence-electron chi connectivity index (χ4n) is 3.00. The lowest BCUT2D eigenvalue weighted by Gasteiger charge is -2.31. The molecule has 1 saturated heterocycles. The predicted molar refractivity (Wildman–Crippen MR) is 80.1 cm³/mol. The standard InChI is InChI=1S/C15H33N3/c1-5-8-14(16-10-6-2)12-18-11-7-9-15(18)13-17(3)4/h14-16H,5-13H2,1-4H3. The van der Waals surface area contributed by atoms with Gasteiger partial charge in [0.05, 0.1) is 0 Å². The van der Waals surface area contributed by atoms with Crippen LogP contribution in [-0.4, -0.2) is 62.2 Å². The average molecular weight is 255 g/mol. The van der Waals surface area contributed by atoms with Crippen LogP contribution < -0.4 is 5.32 Å². The molecule has 0 saturated carbocycles. The fourth-order valence-corrected chi connectivity index (χ4v) is 3.00. The minimum absolute atomic E-state index is 0.692. The van der Waals surface area contributed by atoms with Crippen LogP contribution in [0.15, 0.2) is 0 Å². The lowest BCUT2D eigenvalue weighted by Crippen LogP contribution is -2.45. The average Bonchev–Trinajstić information content (AvgIpc) is 2.73. The van der Waals surface area contributed by atoms with Gasteiger partial charge in [0.25, 0.3) is 0 Å². The van der Waals surface area contributed by atoms with Crippen LogP contribution in [-0.2, 0) is 0 Å². The van der Waals surface area contributed by atoms with Crippen molar-refractivity contribution in [3.63, 3.8) is 0 Å². The molecule has 0 aromatic heterocycles. The molecule has 2 unspecified atom stereocenters. The SMILES string of the molecule is CCCNC(CCC)CN1CCCC1CN(C)C. The van der Waals surface area contributed by atoms with Crippen molar-refractivity contribution in [1.82, 2.24) is 15.1 Å². The maximum Gasteiger partial charge on any atom is 0.0224 e. The molecule has 0 aromatic rings. The molecule has 0 spiro atoms. The largest absolute Gasteiger partial charge is 0.313 e. The van der Waals surface area contributed by atoms with Crippen molar-refractivity contribution in [2.45, 2.75) is 58.0 Å². The number of hydrogen-bond donors (Lipinski definition) is 1. The summed E-state index contributed by atoms with van der Waals surface area (Å²) in [6.45, 7) is 9.46. The van der Waals surface area contributed by atoms with E-state index < -0.39 is 0 Å². The van der Waals surface area contributed by atoms with Crippen LogP contribution in [0.4, 0.5) is 0 Å². The van der Waals surface area contributed by atoms with E-state index in [-0.39, 0.29) is 0 Å². The second kappa shape index (κ2) is 8.89. The third-order valence-electron chi connectivity index (χ3n) is 3.85. The van der Waals surface area contributed by atoms with E-state index in [1.807, 2.05) is 0 Å². The molecule has 1 aliphatic rings. The summed E-state index contributed by atoms with van der Waals surface area (Å²) in [5.41, 5.74) is 0. The van der Waals surface area contributed by atoms with Gasteiger partial charge in [-0.25, -0.2) is 0 Å². The molecule has 1 N–H and O–H groups in total. The quantitative estimate of drug-likeness (QED) is 0.681. The van der Waals surface area contributed by atoms with Crippen LogP contribution in [0, 0.1) is 0 Å². The topological polar surface area (TPSA) is 18.5 Å². The Morgan fingerprint density at radius 3 is 2.67 bits per heavy atom. The van der Waals surface area contributed by atoms with Crippen LogP contribution in [0.2, 0.25) is 0 Å². The van der Waals surface area contributed by atoms with E-state index in [4.69, 9.17) is 0 Å². The first-order valence-electron chi connectivity index (χ1n) is 7.79. The second-order valence-electron chi connectivity index (χ2n) is 5.99. The zero-order valence-corrected chi connectivity index (χ0v) is 12.9. The van der Waals surface area contributed by atoms with Gasteiger partial charge in [0.15, 0.2) is 0 Å². The Kier molecular flexibility index (Phi) is 7.87. The zero-order chi connectivity index (χ0) is 13.4. The molecule has 3 nitrogen and oxygen atoms in total. The van der Waals surface area contributed by atoms with Crippen molar-refractivity contribution in [1.29, 1.82) is 0 Å². The van der Waals surface area contributed by atoms with Gasteiger partial charge in [0, 0.05) is 25.2 Å². The van der Waals surface area contributed by atoms with Crippen LogP contribution >= 0.6 is 0 Å². The first-order valence-corrected chi connectivity index (χ1v) is 7.79. The summed E-state index contributed by atoms with van der Waals surface area (Å²) >= 11 is 0. The summed E-state index contributed by atoms with van der Waals surface area (Å²) in [5, 5.41) is 3.72. The minimum Gasteiger partial charge on any atom is -0.313 e. The Bertz CT molecular complexity index is 206. The fraction of sp³-hybridized carbons (Fsp3) is 1.00. The molecule has 0 aromatic carbocycles. The molecule has 0 aliphatic carbocycles. The third kappa shape index (κ3) is 5.68. The number of hydrogen-bond acceptors (Lipinski definition) is 3. The zero-order valence-electron chi connectivity index (χ0n) is 12.9. The Morgan fingerprint density at radius 1 is 1.28 bits per heavy atom. The third-order valence-corrected chi connectivity index (χ3v) is 3.85. The van der Waals surface area contributed by atoms with Gasteiger partial charge in [0.1, 0.15) is 0 Å². The van der Waals surface area contributed by atoms with E-state index in [1.165, 1.54) is 51.7 Å². The second-order valence-corrected chi connectivity index (χ2v) is 5.99. The summed E-state index contributed by atoms with van der Waals surface area (Å²) < 4.78 is 0. The van der Waals surface area contributed by atoms with Crippen LogP contribution in [0.3, 0.4) is 0 Å². The highest BCUT2D eigenvalue weighted by molar-refractivity contribution is 4.84. The van der Waals surface area contributed by atoms with Gasteiger partial charge in [-0.2, -0.15) is 0 Å². The molecular formula is C15H33N3. The molecule has 1 fully saturated rings. The summed E-state index contributed by atoms with van der Waals surface area (Å²) in [7, 11) is 4.38. The van der Waals surface area contributed by atoms with Crippen molar-refractivity contribution in [2.75, 3.05) is 40.3 Å². The van der Waals surface area contributed by atoms with Gasteiger partial charge >= 0.3 is 0 Å². The molecule has 3 heteroatoms. The van der Waals surface area contributed by atoms with E-state index in [0.29, 0.717) is 6.04 Å². The van der Waals surface area contributed by atoms with E-state index >= 15 is 0 Å². The number of nitrogens with one attached hydrogen (secondary N) is 1. The maximum atomic E-state index is 3.72. The predicted octanol–water partition coefficient (Wildman–Crippen LogP) is 2.18. The van der Waals surface area contributed by atoms with Crippen molar-refractivity contribution < 1.29 is 0 Å². The number of likely N-dealkylation sites (tertiary alicyclic amines) is 1. The Hall–Kier alpha value is -0.120. The molecule has 1 aliphatic heterocycles. The number of rotatable bonds is 9. The van der Waals surface area contributed by atoms with E-state index in [2.05, 4.69) is 43.1 Å². The van der Waals surface area contributed by atoms with Crippen molar-refractivity contribution in [3.05, 3.63) is 0 Å². The molecule has 0 amide bonds. The van der Waals surface area contributed by atoms with E-state index in [0.717, 1.165) is 12.6 Å². The molecular weight excluding hydrogens is 222 g/mol. The summed E-state index contributed by atoms with van der Waals surface area (Å²) in [5.74, 6) is 0. The molecule has 1 rings (SSSR count). The highest BCUT2D eigenvalue weighted by Crippen LogP contribution is 2.18. The molecule has 2 atom stereocenters. The van der Waals surface area contributed by atoms with Crippen LogP contribution in [0.5, 0.6) is 0 Å². The summed E-state index contributed by atoms with van der Waals surface area (Å²) in [6, 6.07) is 1.47. The molecule has 0 bridgehead atoms. The highest BCUT2D eigenvalue weighted by Gasteiger charge is 2.26. The molecule has 18 heavy (non-hydrogen) atoms. The number of likely N-dealkylation sites (N-methyl/N-ethyl adjacent to an activating group) is 1. The maximum absolute atomic E-state index is 3.72. The lowest BCUT2D eigenvalue weighted by atomic mass is 10.1. The van der Waals surface area contributed by atoms with Crippen molar-refractivity contribution in [3.8, 4) is 0 Å². The van der Waals surface area contributed by atoms with Gasteiger partial charge < -0.3 is 10.2 Å². The van der Waals surface area contributed by atoms with Gasteiger partial charge in [-0.3, -0.25) is 4.90 Å². The molecule has 108 valence electrons. The first-order chi connectivity index (χ1) is 8.67. The Morgan fingerprint density at radius 2 is 2.06 bits per heavy atom. The van der Waals surface area contributed by atoms with E-state index in [9.17, 15) is 0 Å². The molecule has 1 heterocycles. The van der Waals surface area contributed by atoms with Crippen molar-refractivity contribution >= 4 is 0 Å². The smallest absolute Gasteiger partial charge is 0.0224 e. The highest BCUT2D eigenvalue weighted by atomic mass is 15.2. The van der Waals surface area contributed by atoms with Crippen LogP contribution in [0.25, 0.3) is 0 Å².